The molecule has 5 rings (SSSR count). The van der Waals surface area contributed by atoms with E-state index in [9.17, 15) is 5.11 Å². The lowest BCUT2D eigenvalue weighted by molar-refractivity contribution is -0.183. The molecule has 4 fully saturated rings. The molecule has 5 atom stereocenters. The van der Waals surface area contributed by atoms with Crippen LogP contribution in [0.25, 0.3) is 0 Å². The van der Waals surface area contributed by atoms with Crippen molar-refractivity contribution in [3.05, 3.63) is 30.3 Å². The van der Waals surface area contributed by atoms with Crippen LogP contribution in [0, 0.1) is 5.92 Å². The quantitative estimate of drug-likeness (QED) is 0.806. The summed E-state index contributed by atoms with van der Waals surface area (Å²) >= 11 is 0. The Morgan fingerprint density at radius 3 is 2.58 bits per heavy atom. The Balaban J connectivity index is 1.24. The van der Waals surface area contributed by atoms with Crippen molar-refractivity contribution in [1.82, 2.24) is 10.2 Å². The van der Waals surface area contributed by atoms with E-state index in [1.54, 1.807) is 0 Å². The standard InChI is InChI=1S/C20H29N3O3/c24-19-17(21-12-14-6-7-14)16-13-25-20(26-16)18(19)23-10-8-22(9-11-23)15-4-2-1-3-5-15/h1-5,14,16-21,24H,6-13H2/t16-,17+,18-,19-,20+/m0/s1. The van der Waals surface area contributed by atoms with E-state index < -0.39 is 6.10 Å². The number of para-hydroxylation sites is 1. The van der Waals surface area contributed by atoms with Gasteiger partial charge in [-0.25, -0.2) is 0 Å². The number of anilines is 1. The van der Waals surface area contributed by atoms with Crippen LogP contribution >= 0.6 is 0 Å². The molecule has 0 aromatic heterocycles. The Kier molecular flexibility index (Phi) is 4.63. The first-order valence-corrected chi connectivity index (χ1v) is 10.0. The molecule has 3 saturated heterocycles. The van der Waals surface area contributed by atoms with Gasteiger partial charge >= 0.3 is 0 Å². The van der Waals surface area contributed by atoms with Crippen molar-refractivity contribution in [2.75, 3.05) is 44.2 Å². The van der Waals surface area contributed by atoms with Gasteiger partial charge in [0.25, 0.3) is 0 Å². The molecule has 1 saturated carbocycles. The van der Waals surface area contributed by atoms with Gasteiger partial charge in [0.15, 0.2) is 6.29 Å². The number of piperazine rings is 1. The molecule has 2 bridgehead atoms. The summed E-state index contributed by atoms with van der Waals surface area (Å²) in [7, 11) is 0. The molecule has 142 valence electrons. The summed E-state index contributed by atoms with van der Waals surface area (Å²) in [6.45, 7) is 5.33. The molecular formula is C20H29N3O3. The molecular weight excluding hydrogens is 330 g/mol. The Morgan fingerprint density at radius 2 is 1.85 bits per heavy atom. The lowest BCUT2D eigenvalue weighted by atomic mass is 9.94. The molecule has 1 aromatic carbocycles. The highest BCUT2D eigenvalue weighted by atomic mass is 16.7. The molecule has 0 spiro atoms. The zero-order valence-electron chi connectivity index (χ0n) is 15.2. The number of benzene rings is 1. The minimum Gasteiger partial charge on any atom is -0.390 e. The third-order valence-electron chi connectivity index (χ3n) is 6.33. The molecule has 26 heavy (non-hydrogen) atoms. The van der Waals surface area contributed by atoms with E-state index >= 15 is 0 Å². The number of aliphatic hydroxyl groups excluding tert-OH is 1. The minimum absolute atomic E-state index is 0.0180. The van der Waals surface area contributed by atoms with Crippen LogP contribution in [0.5, 0.6) is 0 Å². The van der Waals surface area contributed by atoms with Gasteiger partial charge < -0.3 is 24.8 Å². The van der Waals surface area contributed by atoms with Crippen LogP contribution in [0.1, 0.15) is 12.8 Å². The monoisotopic (exact) mass is 359 g/mol. The average Bonchev–Trinajstić information content (AvgIpc) is 3.42. The largest absolute Gasteiger partial charge is 0.390 e. The van der Waals surface area contributed by atoms with E-state index in [0.29, 0.717) is 6.61 Å². The molecule has 4 aliphatic rings. The van der Waals surface area contributed by atoms with Crippen LogP contribution in [-0.4, -0.2) is 79.9 Å². The van der Waals surface area contributed by atoms with Crippen LogP contribution in [0.2, 0.25) is 0 Å². The maximum Gasteiger partial charge on any atom is 0.176 e. The molecule has 0 amide bonds. The number of nitrogens with one attached hydrogen (secondary N) is 1. The summed E-state index contributed by atoms with van der Waals surface area (Å²) in [5.74, 6) is 0.787. The number of nitrogens with zero attached hydrogens (tertiary/aromatic N) is 2. The molecule has 6 heteroatoms. The van der Waals surface area contributed by atoms with Gasteiger partial charge in [0.05, 0.1) is 24.8 Å². The first kappa shape index (κ1) is 17.0. The highest BCUT2D eigenvalue weighted by molar-refractivity contribution is 5.46. The van der Waals surface area contributed by atoms with Gasteiger partial charge in [0, 0.05) is 31.9 Å². The number of rotatable bonds is 5. The van der Waals surface area contributed by atoms with Crippen molar-refractivity contribution in [1.29, 1.82) is 0 Å². The average molecular weight is 359 g/mol. The number of fused-ring (bicyclic) bond motifs is 2. The molecule has 0 unspecified atom stereocenters. The van der Waals surface area contributed by atoms with E-state index in [-0.39, 0.29) is 24.5 Å². The van der Waals surface area contributed by atoms with Gasteiger partial charge in [-0.15, -0.1) is 0 Å². The van der Waals surface area contributed by atoms with E-state index in [1.807, 2.05) is 0 Å². The summed E-state index contributed by atoms with van der Waals surface area (Å²) < 4.78 is 12.0. The van der Waals surface area contributed by atoms with Crippen LogP contribution in [0.15, 0.2) is 30.3 Å². The molecule has 1 aliphatic carbocycles. The van der Waals surface area contributed by atoms with Crippen molar-refractivity contribution in [2.45, 2.75) is 43.4 Å². The number of hydrogen-bond donors (Lipinski definition) is 2. The van der Waals surface area contributed by atoms with Gasteiger partial charge in [-0.3, -0.25) is 4.90 Å². The fourth-order valence-electron chi connectivity index (χ4n) is 4.58. The second-order valence-electron chi connectivity index (χ2n) is 8.09. The van der Waals surface area contributed by atoms with E-state index in [4.69, 9.17) is 9.47 Å². The predicted molar refractivity (Wildman–Crippen MR) is 99.2 cm³/mol. The SMILES string of the molecule is O[C@H]1[C@H](NCC2CC2)[C@@H]2CO[C@H](O2)[C@H]1N1CCN(c2ccccc2)CC1. The lowest BCUT2D eigenvalue weighted by Gasteiger charge is -2.47. The summed E-state index contributed by atoms with van der Waals surface area (Å²) in [4.78, 5) is 4.77. The van der Waals surface area contributed by atoms with Gasteiger partial charge in [0.1, 0.15) is 6.10 Å². The maximum atomic E-state index is 11.1. The van der Waals surface area contributed by atoms with Crippen LogP contribution < -0.4 is 10.2 Å². The second kappa shape index (κ2) is 7.09. The maximum absolute atomic E-state index is 11.1. The van der Waals surface area contributed by atoms with Crippen molar-refractivity contribution < 1.29 is 14.6 Å². The zero-order valence-corrected chi connectivity index (χ0v) is 15.2. The van der Waals surface area contributed by atoms with Gasteiger partial charge in [-0.2, -0.15) is 0 Å². The summed E-state index contributed by atoms with van der Waals surface area (Å²) in [6, 6.07) is 10.5. The first-order valence-electron chi connectivity index (χ1n) is 10.0. The summed E-state index contributed by atoms with van der Waals surface area (Å²) in [5, 5.41) is 14.7. The van der Waals surface area contributed by atoms with E-state index in [0.717, 1.165) is 38.6 Å². The van der Waals surface area contributed by atoms with E-state index in [1.165, 1.54) is 18.5 Å². The fraction of sp³-hybridized carbons (Fsp3) is 0.700. The molecule has 6 nitrogen and oxygen atoms in total. The third-order valence-corrected chi connectivity index (χ3v) is 6.33. The zero-order chi connectivity index (χ0) is 17.5. The lowest BCUT2D eigenvalue weighted by Crippen LogP contribution is -2.66. The van der Waals surface area contributed by atoms with Crippen molar-refractivity contribution in [3.8, 4) is 0 Å². The Labute approximate surface area is 155 Å². The third kappa shape index (κ3) is 3.25. The van der Waals surface area contributed by atoms with Gasteiger partial charge in [-0.05, 0) is 37.4 Å². The molecule has 1 aromatic rings. The highest BCUT2D eigenvalue weighted by Crippen LogP contribution is 2.33. The van der Waals surface area contributed by atoms with Crippen molar-refractivity contribution in [3.63, 3.8) is 0 Å². The second-order valence-corrected chi connectivity index (χ2v) is 8.09. The van der Waals surface area contributed by atoms with Crippen molar-refractivity contribution in [2.24, 2.45) is 5.92 Å². The number of aliphatic hydroxyl groups is 1. The molecule has 0 radical (unpaired) electrons. The Morgan fingerprint density at radius 1 is 1.08 bits per heavy atom. The number of hydrogen-bond acceptors (Lipinski definition) is 6. The summed E-state index contributed by atoms with van der Waals surface area (Å²) in [5.41, 5.74) is 1.27. The molecule has 3 aliphatic heterocycles. The highest BCUT2D eigenvalue weighted by Gasteiger charge is 2.52. The van der Waals surface area contributed by atoms with E-state index in [2.05, 4.69) is 45.4 Å². The summed E-state index contributed by atoms with van der Waals surface area (Å²) in [6.07, 6.45) is 1.87. The first-order chi connectivity index (χ1) is 12.8. The number of ether oxygens (including phenoxy) is 2. The Bertz CT molecular complexity index is 604. The van der Waals surface area contributed by atoms with Crippen LogP contribution in [-0.2, 0) is 9.47 Å². The van der Waals surface area contributed by atoms with Gasteiger partial charge in [-0.1, -0.05) is 18.2 Å². The Hall–Kier alpha value is -1.18. The fourth-order valence-corrected chi connectivity index (χ4v) is 4.58. The van der Waals surface area contributed by atoms with Crippen LogP contribution in [0.4, 0.5) is 5.69 Å². The van der Waals surface area contributed by atoms with Crippen molar-refractivity contribution >= 4 is 5.69 Å². The molecule has 3 heterocycles. The molecule has 2 N–H and O–H groups in total. The van der Waals surface area contributed by atoms with Gasteiger partial charge in [0.2, 0.25) is 0 Å². The smallest absolute Gasteiger partial charge is 0.176 e. The van der Waals surface area contributed by atoms with Crippen LogP contribution in [0.3, 0.4) is 0 Å². The topological polar surface area (TPSA) is 57.2 Å². The minimum atomic E-state index is -0.441. The predicted octanol–water partition coefficient (Wildman–Crippen LogP) is 0.661. The normalized spacial score (nSPS) is 37.9.